The van der Waals surface area contributed by atoms with E-state index >= 15 is 0 Å². The fourth-order valence-corrected chi connectivity index (χ4v) is 4.79. The van der Waals surface area contributed by atoms with E-state index in [2.05, 4.69) is 25.4 Å². The molecule has 1 amide bonds. The van der Waals surface area contributed by atoms with E-state index in [9.17, 15) is 18.7 Å². The van der Waals surface area contributed by atoms with Crippen molar-refractivity contribution >= 4 is 28.7 Å². The number of halogens is 3. The van der Waals surface area contributed by atoms with Gasteiger partial charge in [0, 0.05) is 30.9 Å². The van der Waals surface area contributed by atoms with Gasteiger partial charge in [-0.05, 0) is 18.2 Å². The van der Waals surface area contributed by atoms with Crippen molar-refractivity contribution in [3.05, 3.63) is 63.9 Å². The predicted molar refractivity (Wildman–Crippen MR) is 134 cm³/mol. The number of carbonyl (C=O) groups is 1. The van der Waals surface area contributed by atoms with Crippen molar-refractivity contribution in [3.63, 3.8) is 0 Å². The van der Waals surface area contributed by atoms with Crippen molar-refractivity contribution in [2.75, 3.05) is 13.2 Å². The highest BCUT2D eigenvalue weighted by Gasteiger charge is 2.48. The molecule has 210 valence electrons. The fraction of sp³-hybridized carbons (Fsp3) is 0.360. The molecule has 5 heterocycles. The van der Waals surface area contributed by atoms with Gasteiger partial charge in [-0.2, -0.15) is 15.1 Å². The Labute approximate surface area is 230 Å². The Bertz CT molecular complexity index is 1560. The topological polar surface area (TPSA) is 146 Å². The van der Waals surface area contributed by atoms with E-state index < -0.39 is 54.1 Å². The molecule has 4 atom stereocenters. The Kier molecular flexibility index (Phi) is 7.00. The van der Waals surface area contributed by atoms with Crippen molar-refractivity contribution in [2.45, 2.75) is 37.6 Å². The Morgan fingerprint density at radius 1 is 1.23 bits per heavy atom. The summed E-state index contributed by atoms with van der Waals surface area (Å²) in [5.41, 5.74) is 0.791. The van der Waals surface area contributed by atoms with Crippen LogP contribution in [-0.4, -0.2) is 73.4 Å². The molecule has 2 saturated heterocycles. The third-order valence-corrected chi connectivity index (χ3v) is 6.86. The molecule has 2 aliphatic heterocycles. The van der Waals surface area contributed by atoms with Gasteiger partial charge in [-0.15, -0.1) is 0 Å². The van der Waals surface area contributed by atoms with Crippen molar-refractivity contribution < 1.29 is 37.6 Å². The molecule has 0 aliphatic carbocycles. The average Bonchev–Trinajstić information content (AvgIpc) is 3.69. The predicted octanol–water partition coefficient (Wildman–Crippen LogP) is 2.04. The number of ether oxygens (including phenoxy) is 4. The summed E-state index contributed by atoms with van der Waals surface area (Å²) in [6, 6.07) is 3.48. The van der Waals surface area contributed by atoms with Crippen molar-refractivity contribution in [2.24, 2.45) is 7.05 Å². The van der Waals surface area contributed by atoms with Crippen LogP contribution >= 0.6 is 11.6 Å². The molecule has 40 heavy (non-hydrogen) atoms. The van der Waals surface area contributed by atoms with Crippen LogP contribution in [0.2, 0.25) is 5.02 Å². The summed E-state index contributed by atoms with van der Waals surface area (Å²) in [7, 11) is 1.73. The lowest BCUT2D eigenvalue weighted by molar-refractivity contribution is 0.00706. The maximum atomic E-state index is 14.8. The summed E-state index contributed by atoms with van der Waals surface area (Å²) >= 11 is 6.28. The minimum Gasteiger partial charge on any atom is -0.471 e. The Morgan fingerprint density at radius 3 is 2.75 bits per heavy atom. The Morgan fingerprint density at radius 2 is 2.00 bits per heavy atom. The lowest BCUT2D eigenvalue weighted by Gasteiger charge is -2.15. The number of carbonyl (C=O) groups excluding carboxylic acids is 1. The van der Waals surface area contributed by atoms with E-state index in [1.54, 1.807) is 24.1 Å². The van der Waals surface area contributed by atoms with Crippen LogP contribution in [0.3, 0.4) is 0 Å². The summed E-state index contributed by atoms with van der Waals surface area (Å²) in [4.78, 5) is 23.8. The van der Waals surface area contributed by atoms with Crippen LogP contribution in [-0.2, 0) is 29.7 Å². The van der Waals surface area contributed by atoms with Crippen LogP contribution in [0.5, 0.6) is 11.9 Å². The number of aliphatic hydroxyl groups excluding tert-OH is 1. The number of aromatic nitrogens is 5. The van der Waals surface area contributed by atoms with Gasteiger partial charge < -0.3 is 34.4 Å². The standard InChI is InChI=1S/C25H23ClF2N6O6/c1-34-7-11(6-30-34)5-29-23(36)12-2-15(27)13(16(28)3-12)8-39-24-14(26)4-17-22(32-24)33-25(31-17)40-19-10-38-20-18(35)9-37-21(19)20/h2-4,6-7,18-21,35H,5,8-10H2,1H3,(H,29,36)(H,31,32,33)/t18-,19-,20?,21?/m1/s1. The zero-order valence-electron chi connectivity index (χ0n) is 20.9. The first-order chi connectivity index (χ1) is 19.2. The number of benzene rings is 1. The van der Waals surface area contributed by atoms with E-state index in [1.807, 2.05) is 0 Å². The van der Waals surface area contributed by atoms with E-state index in [0.717, 1.165) is 17.7 Å². The Balaban J connectivity index is 1.11. The highest BCUT2D eigenvalue weighted by atomic mass is 35.5. The number of nitrogens with one attached hydrogen (secondary N) is 2. The number of aliphatic hydroxyl groups is 1. The summed E-state index contributed by atoms with van der Waals surface area (Å²) in [5, 5.41) is 16.6. The number of aryl methyl sites for hydroxylation is 1. The zero-order chi connectivity index (χ0) is 28.0. The highest BCUT2D eigenvalue weighted by Crippen LogP contribution is 2.31. The van der Waals surface area contributed by atoms with Gasteiger partial charge in [0.15, 0.2) is 11.8 Å². The maximum absolute atomic E-state index is 14.8. The number of aromatic amines is 1. The SMILES string of the molecule is Cn1cc(CNC(=O)c2cc(F)c(COc3nc4nc(O[C@@H]5COC6C5OC[C@H]6O)[nH]c4cc3Cl)c(F)c2)cn1. The number of hydrogen-bond acceptors (Lipinski definition) is 9. The van der Waals surface area contributed by atoms with Crippen LogP contribution < -0.4 is 14.8 Å². The number of pyridine rings is 1. The second-order valence-corrected chi connectivity index (χ2v) is 9.83. The van der Waals surface area contributed by atoms with E-state index in [-0.39, 0.29) is 47.9 Å². The first kappa shape index (κ1) is 26.4. The lowest BCUT2D eigenvalue weighted by Crippen LogP contribution is -2.34. The Hall–Kier alpha value is -3.85. The van der Waals surface area contributed by atoms with Crippen molar-refractivity contribution in [3.8, 4) is 11.9 Å². The second-order valence-electron chi connectivity index (χ2n) is 9.42. The largest absolute Gasteiger partial charge is 0.471 e. The summed E-state index contributed by atoms with van der Waals surface area (Å²) in [5.74, 6) is -2.67. The molecule has 0 bridgehead atoms. The van der Waals surface area contributed by atoms with Gasteiger partial charge in [0.25, 0.3) is 11.9 Å². The molecular weight excluding hydrogens is 554 g/mol. The number of nitrogens with zero attached hydrogens (tertiary/aromatic N) is 4. The lowest BCUT2D eigenvalue weighted by atomic mass is 10.1. The van der Waals surface area contributed by atoms with Crippen LogP contribution in [0.1, 0.15) is 21.5 Å². The maximum Gasteiger partial charge on any atom is 0.296 e. The number of fused-ring (bicyclic) bond motifs is 2. The number of imidazole rings is 1. The first-order valence-electron chi connectivity index (χ1n) is 12.3. The summed E-state index contributed by atoms with van der Waals surface area (Å²) in [6.07, 6.45) is 1.20. The molecule has 4 aromatic rings. The smallest absolute Gasteiger partial charge is 0.296 e. The minimum atomic E-state index is -0.962. The monoisotopic (exact) mass is 576 g/mol. The quantitative estimate of drug-likeness (QED) is 0.287. The van der Waals surface area contributed by atoms with Gasteiger partial charge in [0.05, 0.1) is 30.5 Å². The van der Waals surface area contributed by atoms with Gasteiger partial charge >= 0.3 is 0 Å². The molecule has 0 spiro atoms. The summed E-state index contributed by atoms with van der Waals surface area (Å²) in [6.45, 7) is -0.00620. The number of amides is 1. The van der Waals surface area contributed by atoms with E-state index in [4.69, 9.17) is 30.5 Å². The molecule has 1 aromatic carbocycles. The van der Waals surface area contributed by atoms with Crippen LogP contribution in [0.15, 0.2) is 30.6 Å². The van der Waals surface area contributed by atoms with Crippen LogP contribution in [0.25, 0.3) is 11.2 Å². The number of hydrogen-bond donors (Lipinski definition) is 3. The molecule has 2 unspecified atom stereocenters. The van der Waals surface area contributed by atoms with E-state index in [0.29, 0.717) is 5.52 Å². The molecule has 2 fully saturated rings. The van der Waals surface area contributed by atoms with Gasteiger partial charge in [-0.25, -0.2) is 8.78 Å². The molecule has 12 nitrogen and oxygen atoms in total. The second kappa shape index (κ2) is 10.6. The normalized spacial score (nSPS) is 22.0. The molecule has 0 saturated carbocycles. The van der Waals surface area contributed by atoms with Crippen LogP contribution in [0, 0.1) is 11.6 Å². The molecule has 3 aromatic heterocycles. The third kappa shape index (κ3) is 5.18. The highest BCUT2D eigenvalue weighted by molar-refractivity contribution is 6.32. The average molecular weight is 577 g/mol. The van der Waals surface area contributed by atoms with E-state index in [1.165, 1.54) is 6.07 Å². The molecule has 6 rings (SSSR count). The van der Waals surface area contributed by atoms with Crippen LogP contribution in [0.4, 0.5) is 8.78 Å². The number of H-pyrrole nitrogens is 1. The van der Waals surface area contributed by atoms with Gasteiger partial charge in [0.2, 0.25) is 5.88 Å². The third-order valence-electron chi connectivity index (χ3n) is 6.59. The molecular formula is C25H23ClF2N6O6. The first-order valence-corrected chi connectivity index (χ1v) is 12.6. The minimum absolute atomic E-state index is 0.0708. The molecule has 3 N–H and O–H groups in total. The molecule has 0 radical (unpaired) electrons. The number of rotatable bonds is 8. The van der Waals surface area contributed by atoms with Crippen molar-refractivity contribution in [1.29, 1.82) is 0 Å². The zero-order valence-corrected chi connectivity index (χ0v) is 21.7. The summed E-state index contributed by atoms with van der Waals surface area (Å²) < 4.78 is 53.6. The fourth-order valence-electron chi connectivity index (χ4n) is 4.58. The molecule has 2 aliphatic rings. The van der Waals surface area contributed by atoms with Gasteiger partial charge in [-0.1, -0.05) is 11.6 Å². The van der Waals surface area contributed by atoms with Gasteiger partial charge in [-0.3, -0.25) is 9.48 Å². The molecule has 15 heteroatoms. The van der Waals surface area contributed by atoms with Gasteiger partial charge in [0.1, 0.15) is 41.6 Å². The van der Waals surface area contributed by atoms with Crippen molar-refractivity contribution in [1.82, 2.24) is 30.0 Å².